The summed E-state index contributed by atoms with van der Waals surface area (Å²) in [7, 11) is 1.58. The van der Waals surface area contributed by atoms with Crippen molar-refractivity contribution in [2.75, 3.05) is 18.2 Å². The van der Waals surface area contributed by atoms with Crippen LogP contribution in [0.15, 0.2) is 18.2 Å². The van der Waals surface area contributed by atoms with Crippen molar-refractivity contribution in [3.63, 3.8) is 0 Å². The van der Waals surface area contributed by atoms with Crippen molar-refractivity contribution in [1.29, 1.82) is 0 Å². The Morgan fingerprint density at radius 2 is 2.00 bits per heavy atom. The van der Waals surface area contributed by atoms with E-state index in [4.69, 9.17) is 10.5 Å². The molecule has 114 valence electrons. The Kier molecular flexibility index (Phi) is 6.86. The van der Waals surface area contributed by atoms with Crippen LogP contribution in [0.4, 0.5) is 11.4 Å². The third-order valence-corrected chi connectivity index (χ3v) is 3.50. The highest BCUT2D eigenvalue weighted by molar-refractivity contribution is 5.94. The number of anilines is 2. The maximum Gasteiger partial charge on any atom is 0.224 e. The van der Waals surface area contributed by atoms with E-state index >= 15 is 0 Å². The molecule has 0 aromatic heterocycles. The van der Waals surface area contributed by atoms with E-state index in [1.54, 1.807) is 25.3 Å². The standard InChI is InChI=1S/C15H24N2O2.ClH/c1-10(15(2,3)4)8-14(18)17-13-9-11(19-5)6-7-12(13)16;/h6-7,9-10H,8,16H2,1-5H3,(H,17,18);1H. The molecule has 0 saturated carbocycles. The van der Waals surface area contributed by atoms with Gasteiger partial charge in [0.05, 0.1) is 18.5 Å². The molecule has 1 rings (SSSR count). The second-order valence-corrected chi connectivity index (χ2v) is 5.97. The molecule has 0 aliphatic heterocycles. The monoisotopic (exact) mass is 300 g/mol. The summed E-state index contributed by atoms with van der Waals surface area (Å²) >= 11 is 0. The predicted molar refractivity (Wildman–Crippen MR) is 86.5 cm³/mol. The molecule has 5 heteroatoms. The Balaban J connectivity index is 0.00000361. The van der Waals surface area contributed by atoms with Gasteiger partial charge in [0.1, 0.15) is 5.75 Å². The molecular formula is C15H25ClN2O2. The Morgan fingerprint density at radius 1 is 1.40 bits per heavy atom. The molecule has 0 spiro atoms. The molecule has 0 aliphatic rings. The van der Waals surface area contributed by atoms with Gasteiger partial charge in [-0.3, -0.25) is 4.79 Å². The van der Waals surface area contributed by atoms with Crippen LogP contribution in [0, 0.1) is 11.3 Å². The SMILES string of the molecule is COc1ccc(N)c(NC(=O)CC(C)C(C)(C)C)c1.Cl. The number of hydrogen-bond acceptors (Lipinski definition) is 3. The van der Waals surface area contributed by atoms with Gasteiger partial charge in [0, 0.05) is 12.5 Å². The van der Waals surface area contributed by atoms with Crippen LogP contribution in [0.5, 0.6) is 5.75 Å². The number of carbonyl (C=O) groups excluding carboxylic acids is 1. The summed E-state index contributed by atoms with van der Waals surface area (Å²) in [6.07, 6.45) is 0.472. The molecule has 1 atom stereocenters. The first-order chi connectivity index (χ1) is 8.74. The van der Waals surface area contributed by atoms with Crippen molar-refractivity contribution in [3.05, 3.63) is 18.2 Å². The average molecular weight is 301 g/mol. The summed E-state index contributed by atoms with van der Waals surface area (Å²) in [6.45, 7) is 8.47. The van der Waals surface area contributed by atoms with Crippen LogP contribution >= 0.6 is 12.4 Å². The molecule has 1 aromatic rings. The van der Waals surface area contributed by atoms with Crippen LogP contribution < -0.4 is 15.8 Å². The van der Waals surface area contributed by atoms with Crippen LogP contribution in [0.25, 0.3) is 0 Å². The minimum Gasteiger partial charge on any atom is -0.497 e. The minimum atomic E-state index is -0.0256. The van der Waals surface area contributed by atoms with Crippen molar-refractivity contribution in [3.8, 4) is 5.75 Å². The molecule has 0 radical (unpaired) electrons. The van der Waals surface area contributed by atoms with Crippen molar-refractivity contribution in [2.45, 2.75) is 34.1 Å². The first kappa shape index (κ1) is 18.6. The average Bonchev–Trinajstić information content (AvgIpc) is 2.30. The summed E-state index contributed by atoms with van der Waals surface area (Å²) in [4.78, 5) is 12.0. The van der Waals surface area contributed by atoms with E-state index in [1.165, 1.54) is 0 Å². The van der Waals surface area contributed by atoms with E-state index in [0.717, 1.165) is 0 Å². The van der Waals surface area contributed by atoms with Crippen LogP contribution in [0.2, 0.25) is 0 Å². The predicted octanol–water partition coefficient (Wildman–Crippen LogP) is 3.71. The van der Waals surface area contributed by atoms with Gasteiger partial charge in [-0.15, -0.1) is 12.4 Å². The van der Waals surface area contributed by atoms with Gasteiger partial charge in [0.15, 0.2) is 0 Å². The highest BCUT2D eigenvalue weighted by Crippen LogP contribution is 2.29. The van der Waals surface area contributed by atoms with Crippen molar-refractivity contribution in [2.24, 2.45) is 11.3 Å². The number of methoxy groups -OCH3 is 1. The Bertz CT molecular complexity index is 456. The number of nitrogens with two attached hydrogens (primary N) is 1. The zero-order valence-electron chi connectivity index (χ0n) is 12.8. The molecular weight excluding hydrogens is 276 g/mol. The van der Waals surface area contributed by atoms with Gasteiger partial charge in [-0.05, 0) is 23.5 Å². The van der Waals surface area contributed by atoms with Crippen LogP contribution in [0.3, 0.4) is 0 Å². The first-order valence-electron chi connectivity index (χ1n) is 6.47. The van der Waals surface area contributed by atoms with E-state index < -0.39 is 0 Å². The molecule has 0 aliphatic carbocycles. The molecule has 1 unspecified atom stereocenters. The highest BCUT2D eigenvalue weighted by atomic mass is 35.5. The zero-order chi connectivity index (χ0) is 14.6. The Labute approximate surface area is 127 Å². The van der Waals surface area contributed by atoms with Gasteiger partial charge in [-0.25, -0.2) is 0 Å². The largest absolute Gasteiger partial charge is 0.497 e. The number of carbonyl (C=O) groups is 1. The summed E-state index contributed by atoms with van der Waals surface area (Å²) in [5, 5.41) is 2.84. The first-order valence-corrected chi connectivity index (χ1v) is 6.47. The zero-order valence-corrected chi connectivity index (χ0v) is 13.6. The molecule has 3 N–H and O–H groups in total. The Hall–Kier alpha value is -1.42. The molecule has 1 aromatic carbocycles. The van der Waals surface area contributed by atoms with E-state index in [1.807, 2.05) is 0 Å². The van der Waals surface area contributed by atoms with E-state index in [-0.39, 0.29) is 23.7 Å². The Morgan fingerprint density at radius 3 is 2.50 bits per heavy atom. The number of nitrogen functional groups attached to an aromatic ring is 1. The normalized spacial score (nSPS) is 12.2. The fourth-order valence-electron chi connectivity index (χ4n) is 1.56. The molecule has 4 nitrogen and oxygen atoms in total. The lowest BCUT2D eigenvalue weighted by Crippen LogP contribution is -2.24. The van der Waals surface area contributed by atoms with Gasteiger partial charge in [-0.2, -0.15) is 0 Å². The number of nitrogens with one attached hydrogen (secondary N) is 1. The third-order valence-electron chi connectivity index (χ3n) is 3.50. The minimum absolute atomic E-state index is 0. The van der Waals surface area contributed by atoms with E-state index in [9.17, 15) is 4.79 Å². The summed E-state index contributed by atoms with van der Waals surface area (Å²) in [5.74, 6) is 0.940. The van der Waals surface area contributed by atoms with Crippen LogP contribution in [-0.2, 0) is 4.79 Å². The number of halogens is 1. The molecule has 1 amide bonds. The fraction of sp³-hybridized carbons (Fsp3) is 0.533. The lowest BCUT2D eigenvalue weighted by Gasteiger charge is -2.26. The summed E-state index contributed by atoms with van der Waals surface area (Å²) < 4.78 is 5.12. The van der Waals surface area contributed by atoms with E-state index in [2.05, 4.69) is 33.0 Å². The van der Waals surface area contributed by atoms with Crippen LogP contribution in [-0.4, -0.2) is 13.0 Å². The third kappa shape index (κ3) is 5.29. The van der Waals surface area contributed by atoms with Gasteiger partial charge in [0.2, 0.25) is 5.91 Å². The maximum absolute atomic E-state index is 12.0. The molecule has 20 heavy (non-hydrogen) atoms. The number of hydrogen-bond donors (Lipinski definition) is 2. The molecule has 0 fully saturated rings. The van der Waals surface area contributed by atoms with Crippen LogP contribution in [0.1, 0.15) is 34.1 Å². The van der Waals surface area contributed by atoms with Crippen molar-refractivity contribution in [1.82, 2.24) is 0 Å². The van der Waals surface area contributed by atoms with Crippen molar-refractivity contribution >= 4 is 29.7 Å². The number of amides is 1. The van der Waals surface area contributed by atoms with Gasteiger partial charge in [0.25, 0.3) is 0 Å². The summed E-state index contributed by atoms with van der Waals surface area (Å²) in [6, 6.07) is 5.22. The summed E-state index contributed by atoms with van der Waals surface area (Å²) in [5.41, 5.74) is 7.09. The topological polar surface area (TPSA) is 64.3 Å². The molecule has 0 saturated heterocycles. The number of benzene rings is 1. The van der Waals surface area contributed by atoms with Gasteiger partial charge >= 0.3 is 0 Å². The lowest BCUT2D eigenvalue weighted by atomic mass is 9.80. The second-order valence-electron chi connectivity index (χ2n) is 5.97. The quantitative estimate of drug-likeness (QED) is 0.833. The van der Waals surface area contributed by atoms with Gasteiger partial charge < -0.3 is 15.8 Å². The fourth-order valence-corrected chi connectivity index (χ4v) is 1.56. The highest BCUT2D eigenvalue weighted by Gasteiger charge is 2.22. The molecule has 0 heterocycles. The maximum atomic E-state index is 12.0. The number of rotatable bonds is 4. The molecule has 0 bridgehead atoms. The van der Waals surface area contributed by atoms with Gasteiger partial charge in [-0.1, -0.05) is 27.7 Å². The second kappa shape index (κ2) is 7.39. The van der Waals surface area contributed by atoms with E-state index in [0.29, 0.717) is 29.5 Å². The van der Waals surface area contributed by atoms with Crippen molar-refractivity contribution < 1.29 is 9.53 Å². The number of ether oxygens (including phenoxy) is 1. The smallest absolute Gasteiger partial charge is 0.224 e. The lowest BCUT2D eigenvalue weighted by molar-refractivity contribution is -0.117.